The number of hydrogen-bond donors (Lipinski definition) is 2. The first kappa shape index (κ1) is 22.4. The number of anilines is 1. The Kier molecular flexibility index (Phi) is 7.72. The van der Waals surface area contributed by atoms with Crippen LogP contribution in [0.4, 0.5) is 5.95 Å². The van der Waals surface area contributed by atoms with Crippen molar-refractivity contribution in [3.63, 3.8) is 0 Å². The minimum atomic E-state index is -0.634. The molecule has 2 aromatic rings. The molecule has 0 aliphatic carbocycles. The molecule has 1 saturated heterocycles. The van der Waals surface area contributed by atoms with Gasteiger partial charge in [0.25, 0.3) is 5.91 Å². The van der Waals surface area contributed by atoms with Crippen molar-refractivity contribution in [3.8, 4) is 0 Å². The number of hydroxylamine groups is 1. The van der Waals surface area contributed by atoms with Crippen LogP contribution in [-0.2, 0) is 4.79 Å². The lowest BCUT2D eigenvalue weighted by Crippen LogP contribution is -2.43. The van der Waals surface area contributed by atoms with E-state index in [1.165, 1.54) is 12.4 Å². The van der Waals surface area contributed by atoms with Crippen LogP contribution in [0.15, 0.2) is 48.8 Å². The van der Waals surface area contributed by atoms with E-state index >= 15 is 0 Å². The van der Waals surface area contributed by atoms with E-state index < -0.39 is 5.91 Å². The van der Waals surface area contributed by atoms with E-state index in [0.29, 0.717) is 11.9 Å². The zero-order valence-electron chi connectivity index (χ0n) is 17.9. The quantitative estimate of drug-likeness (QED) is 0.525. The molecule has 2 N–H and O–H groups in total. The Bertz CT molecular complexity index is 893. The van der Waals surface area contributed by atoms with Crippen LogP contribution in [0, 0.1) is 5.92 Å². The molecule has 8 nitrogen and oxygen atoms in total. The summed E-state index contributed by atoms with van der Waals surface area (Å²) in [7, 11) is 0. The topological polar surface area (TPSA) is 98.7 Å². The van der Waals surface area contributed by atoms with Crippen molar-refractivity contribution in [2.45, 2.75) is 32.7 Å². The summed E-state index contributed by atoms with van der Waals surface area (Å²) in [4.78, 5) is 36.2. The van der Waals surface area contributed by atoms with Crippen molar-refractivity contribution >= 4 is 23.8 Å². The third kappa shape index (κ3) is 6.11. The fourth-order valence-corrected chi connectivity index (χ4v) is 3.76. The van der Waals surface area contributed by atoms with Crippen molar-refractivity contribution in [2.75, 3.05) is 24.5 Å². The van der Waals surface area contributed by atoms with Gasteiger partial charge in [-0.25, -0.2) is 15.4 Å². The summed E-state index contributed by atoms with van der Waals surface area (Å²) < 4.78 is 0. The first-order valence-electron chi connectivity index (χ1n) is 10.5. The Balaban J connectivity index is 1.54. The Morgan fingerprint density at radius 1 is 1.23 bits per heavy atom. The van der Waals surface area contributed by atoms with Crippen LogP contribution in [0.1, 0.15) is 42.6 Å². The van der Waals surface area contributed by atoms with Crippen LogP contribution in [0.3, 0.4) is 0 Å². The summed E-state index contributed by atoms with van der Waals surface area (Å²) in [6.45, 7) is 5.97. The normalized spacial score (nSPS) is 15.6. The van der Waals surface area contributed by atoms with Gasteiger partial charge in [-0.2, -0.15) is 0 Å². The van der Waals surface area contributed by atoms with Gasteiger partial charge in [0.2, 0.25) is 11.9 Å². The third-order valence-corrected chi connectivity index (χ3v) is 5.62. The number of hydrogen-bond acceptors (Lipinski definition) is 6. The van der Waals surface area contributed by atoms with E-state index in [1.54, 1.807) is 12.4 Å². The maximum atomic E-state index is 12.3. The van der Waals surface area contributed by atoms with Gasteiger partial charge in [-0.15, -0.1) is 0 Å². The highest BCUT2D eigenvalue weighted by Crippen LogP contribution is 2.22. The molecule has 1 atom stereocenters. The highest BCUT2D eigenvalue weighted by Gasteiger charge is 2.25. The number of piperidine rings is 1. The largest absolute Gasteiger partial charge is 0.341 e. The standard InChI is InChI=1S/C23H29N5O3/c1-17(8-9-19-6-4-3-5-7-19)28(18(2)29)16-20-10-12-27(13-11-20)23-24-14-21(15-25-23)22(30)26-31/h3-9,14-15,17,20,31H,10-13,16H2,1-2H3,(H,26,30)/b9-8+. The van der Waals surface area contributed by atoms with Crippen molar-refractivity contribution in [1.82, 2.24) is 20.3 Å². The van der Waals surface area contributed by atoms with E-state index in [-0.39, 0.29) is 17.5 Å². The second-order valence-corrected chi connectivity index (χ2v) is 7.82. The Hall–Kier alpha value is -3.26. The number of aromatic nitrogens is 2. The lowest BCUT2D eigenvalue weighted by Gasteiger charge is -2.36. The third-order valence-electron chi connectivity index (χ3n) is 5.62. The molecular formula is C23H29N5O3. The summed E-state index contributed by atoms with van der Waals surface area (Å²) >= 11 is 0. The molecule has 31 heavy (non-hydrogen) atoms. The summed E-state index contributed by atoms with van der Waals surface area (Å²) in [6, 6.07) is 10.1. The molecule has 8 heteroatoms. The van der Waals surface area contributed by atoms with Crippen LogP contribution < -0.4 is 10.4 Å². The van der Waals surface area contributed by atoms with Crippen LogP contribution >= 0.6 is 0 Å². The van der Waals surface area contributed by atoms with Crippen molar-refractivity contribution in [3.05, 3.63) is 59.9 Å². The first-order valence-corrected chi connectivity index (χ1v) is 10.5. The lowest BCUT2D eigenvalue weighted by molar-refractivity contribution is -0.130. The van der Waals surface area contributed by atoms with Gasteiger partial charge in [0, 0.05) is 45.0 Å². The molecule has 1 aromatic heterocycles. The number of nitrogens with zero attached hydrogens (tertiary/aromatic N) is 4. The van der Waals surface area contributed by atoms with Gasteiger partial charge in [-0.05, 0) is 31.2 Å². The molecule has 0 bridgehead atoms. The highest BCUT2D eigenvalue weighted by molar-refractivity contribution is 5.92. The average molecular weight is 424 g/mol. The van der Waals surface area contributed by atoms with Crippen molar-refractivity contribution in [1.29, 1.82) is 0 Å². The minimum Gasteiger partial charge on any atom is -0.341 e. The van der Waals surface area contributed by atoms with Crippen LogP contribution in [0.2, 0.25) is 0 Å². The smallest absolute Gasteiger partial charge is 0.277 e. The Morgan fingerprint density at radius 2 is 1.87 bits per heavy atom. The van der Waals surface area contributed by atoms with Crippen molar-refractivity contribution in [2.24, 2.45) is 5.92 Å². The maximum Gasteiger partial charge on any atom is 0.277 e. The van der Waals surface area contributed by atoms with Gasteiger partial charge in [-0.3, -0.25) is 14.8 Å². The van der Waals surface area contributed by atoms with E-state index in [4.69, 9.17) is 5.21 Å². The molecule has 164 valence electrons. The molecule has 1 aromatic carbocycles. The number of carbonyl (C=O) groups excluding carboxylic acids is 2. The summed E-state index contributed by atoms with van der Waals surface area (Å²) in [5.41, 5.74) is 2.89. The first-order chi connectivity index (χ1) is 15.0. The zero-order chi connectivity index (χ0) is 22.2. The minimum absolute atomic E-state index is 0.0179. The van der Waals surface area contributed by atoms with E-state index in [1.807, 2.05) is 42.2 Å². The molecule has 1 fully saturated rings. The lowest BCUT2D eigenvalue weighted by atomic mass is 9.95. The van der Waals surface area contributed by atoms with Gasteiger partial charge >= 0.3 is 0 Å². The van der Waals surface area contributed by atoms with Crippen molar-refractivity contribution < 1.29 is 14.8 Å². The number of amides is 2. The average Bonchev–Trinajstić information content (AvgIpc) is 2.81. The van der Waals surface area contributed by atoms with E-state index in [2.05, 4.69) is 27.0 Å². The number of nitrogens with one attached hydrogen (secondary N) is 1. The molecule has 1 unspecified atom stereocenters. The second kappa shape index (κ2) is 10.7. The molecular weight excluding hydrogens is 394 g/mol. The Labute approximate surface area is 182 Å². The van der Waals surface area contributed by atoms with E-state index in [0.717, 1.165) is 38.0 Å². The van der Waals surface area contributed by atoms with Gasteiger partial charge in [0.05, 0.1) is 5.56 Å². The summed E-state index contributed by atoms with van der Waals surface area (Å²) in [6.07, 6.45) is 8.80. The summed E-state index contributed by atoms with van der Waals surface area (Å²) in [5, 5.41) is 8.68. The van der Waals surface area contributed by atoms with Crippen LogP contribution in [0.5, 0.6) is 0 Å². The summed E-state index contributed by atoms with van der Waals surface area (Å²) in [5.74, 6) is 0.418. The van der Waals surface area contributed by atoms with Crippen LogP contribution in [-0.4, -0.2) is 57.6 Å². The number of benzene rings is 1. The van der Waals surface area contributed by atoms with Crippen LogP contribution in [0.25, 0.3) is 6.08 Å². The van der Waals surface area contributed by atoms with Gasteiger partial charge in [0.15, 0.2) is 0 Å². The van der Waals surface area contributed by atoms with E-state index in [9.17, 15) is 9.59 Å². The molecule has 3 rings (SSSR count). The molecule has 0 radical (unpaired) electrons. The zero-order valence-corrected chi connectivity index (χ0v) is 17.9. The monoisotopic (exact) mass is 423 g/mol. The molecule has 1 aliphatic rings. The predicted octanol–water partition coefficient (Wildman–Crippen LogP) is 2.76. The molecule has 2 amide bonds. The fourth-order valence-electron chi connectivity index (χ4n) is 3.76. The predicted molar refractivity (Wildman–Crippen MR) is 119 cm³/mol. The fraction of sp³-hybridized carbons (Fsp3) is 0.391. The molecule has 1 aliphatic heterocycles. The van der Waals surface area contributed by atoms with Gasteiger partial charge < -0.3 is 9.80 Å². The molecule has 0 spiro atoms. The highest BCUT2D eigenvalue weighted by atomic mass is 16.5. The van der Waals surface area contributed by atoms with Gasteiger partial charge in [-0.1, -0.05) is 42.5 Å². The number of carbonyl (C=O) groups is 2. The number of rotatable bonds is 7. The molecule has 2 heterocycles. The Morgan fingerprint density at radius 3 is 2.45 bits per heavy atom. The second-order valence-electron chi connectivity index (χ2n) is 7.82. The molecule has 0 saturated carbocycles. The maximum absolute atomic E-state index is 12.3. The SMILES string of the molecule is CC(=O)N(CC1CCN(c2ncc(C(=O)NO)cn2)CC1)C(C)/C=C/c1ccccc1. The van der Waals surface area contributed by atoms with Gasteiger partial charge in [0.1, 0.15) is 0 Å².